The molecular formula is C25H30Br2N2O3. The Morgan fingerprint density at radius 1 is 0.750 bits per heavy atom. The van der Waals surface area contributed by atoms with Gasteiger partial charge in [0.2, 0.25) is 0 Å². The monoisotopic (exact) mass is 564 g/mol. The first-order chi connectivity index (χ1) is 15.4. The molecule has 0 radical (unpaired) electrons. The number of nitrogens with two attached hydrogens (primary N) is 2. The quantitative estimate of drug-likeness (QED) is 0.279. The van der Waals surface area contributed by atoms with Gasteiger partial charge in [-0.15, -0.1) is 0 Å². The van der Waals surface area contributed by atoms with Crippen molar-refractivity contribution in [2.75, 3.05) is 11.5 Å². The Hall–Kier alpha value is -1.73. The molecule has 2 aromatic rings. The molecule has 0 atom stereocenters. The summed E-state index contributed by atoms with van der Waals surface area (Å²) in [5.41, 5.74) is 17.8. The van der Waals surface area contributed by atoms with Crippen molar-refractivity contribution >= 4 is 49.4 Å². The second kappa shape index (κ2) is 10.5. The zero-order valence-corrected chi connectivity index (χ0v) is 21.3. The third kappa shape index (κ3) is 5.42. The Morgan fingerprint density at radius 3 is 1.50 bits per heavy atom. The molecule has 172 valence electrons. The Bertz CT molecular complexity index is 906. The summed E-state index contributed by atoms with van der Waals surface area (Å²) < 4.78 is 12.8. The number of carbonyl (C=O) groups is 1. The lowest BCUT2D eigenvalue weighted by atomic mass is 9.93. The summed E-state index contributed by atoms with van der Waals surface area (Å²) in [7, 11) is 0. The zero-order chi connectivity index (χ0) is 22.7. The molecule has 2 saturated carbocycles. The van der Waals surface area contributed by atoms with Crippen LogP contribution in [0.1, 0.15) is 85.5 Å². The van der Waals surface area contributed by atoms with Gasteiger partial charge in [0.15, 0.2) is 0 Å². The number of anilines is 2. The Kier molecular flexibility index (Phi) is 7.66. The fourth-order valence-corrected chi connectivity index (χ4v) is 5.83. The first kappa shape index (κ1) is 23.4. The Balaban J connectivity index is 1.41. The number of hydrogen-bond donors (Lipinski definition) is 2. The van der Waals surface area contributed by atoms with Crippen molar-refractivity contribution in [2.45, 2.75) is 76.4 Å². The molecule has 0 saturated heterocycles. The van der Waals surface area contributed by atoms with Gasteiger partial charge in [0.05, 0.1) is 0 Å². The van der Waals surface area contributed by atoms with Gasteiger partial charge in [-0.2, -0.15) is 0 Å². The van der Waals surface area contributed by atoms with Gasteiger partial charge in [-0.1, -0.05) is 25.7 Å². The lowest BCUT2D eigenvalue weighted by molar-refractivity contribution is 0.0442. The number of benzene rings is 2. The highest BCUT2D eigenvalue weighted by Gasteiger charge is 2.23. The zero-order valence-electron chi connectivity index (χ0n) is 18.2. The normalized spacial score (nSPS) is 17.1. The number of ether oxygens (including phenoxy) is 2. The van der Waals surface area contributed by atoms with Gasteiger partial charge in [0, 0.05) is 20.3 Å². The topological polar surface area (TPSA) is 87.6 Å². The van der Waals surface area contributed by atoms with Crippen LogP contribution < -0.4 is 11.5 Å². The SMILES string of the molecule is Nc1cc(COC(=O)OCc2cc(N)c(Br)cc2C2CCCC2)c(C2CCCC2)cc1Br. The van der Waals surface area contributed by atoms with Crippen LogP contribution in [0.5, 0.6) is 0 Å². The summed E-state index contributed by atoms with van der Waals surface area (Å²) in [6.07, 6.45) is 8.87. The highest BCUT2D eigenvalue weighted by Crippen LogP contribution is 2.40. The van der Waals surface area contributed by atoms with Gasteiger partial charge in [-0.05, 0) is 116 Å². The van der Waals surface area contributed by atoms with Crippen LogP contribution in [0.4, 0.5) is 16.2 Å². The first-order valence-corrected chi connectivity index (χ1v) is 13.0. The number of rotatable bonds is 6. The van der Waals surface area contributed by atoms with Crippen LogP contribution in [0.25, 0.3) is 0 Å². The molecule has 0 amide bonds. The molecule has 2 aromatic carbocycles. The predicted octanol–water partition coefficient (Wildman–Crippen LogP) is 7.54. The van der Waals surface area contributed by atoms with E-state index in [2.05, 4.69) is 44.0 Å². The van der Waals surface area contributed by atoms with Crippen molar-refractivity contribution in [3.05, 3.63) is 55.5 Å². The van der Waals surface area contributed by atoms with Crippen molar-refractivity contribution in [1.82, 2.24) is 0 Å². The van der Waals surface area contributed by atoms with E-state index in [9.17, 15) is 4.79 Å². The minimum absolute atomic E-state index is 0.153. The molecule has 0 bridgehead atoms. The number of hydrogen-bond acceptors (Lipinski definition) is 5. The van der Waals surface area contributed by atoms with Crippen LogP contribution in [0.2, 0.25) is 0 Å². The third-order valence-electron chi connectivity index (χ3n) is 6.80. The molecule has 32 heavy (non-hydrogen) atoms. The van der Waals surface area contributed by atoms with Crippen LogP contribution in [0.3, 0.4) is 0 Å². The number of halogens is 2. The van der Waals surface area contributed by atoms with Crippen molar-refractivity contribution in [1.29, 1.82) is 0 Å². The van der Waals surface area contributed by atoms with E-state index in [0.29, 0.717) is 23.2 Å². The lowest BCUT2D eigenvalue weighted by Crippen LogP contribution is -2.11. The maximum atomic E-state index is 12.4. The van der Waals surface area contributed by atoms with Crippen molar-refractivity contribution in [3.63, 3.8) is 0 Å². The molecule has 0 spiro atoms. The van der Waals surface area contributed by atoms with Crippen LogP contribution in [0, 0.1) is 0 Å². The van der Waals surface area contributed by atoms with Crippen molar-refractivity contribution in [2.24, 2.45) is 0 Å². The highest BCUT2D eigenvalue weighted by atomic mass is 79.9. The molecule has 2 aliphatic rings. The first-order valence-electron chi connectivity index (χ1n) is 11.4. The molecule has 0 aliphatic heterocycles. The summed E-state index contributed by atoms with van der Waals surface area (Å²) in [6, 6.07) is 7.96. The van der Waals surface area contributed by atoms with Crippen LogP contribution in [0.15, 0.2) is 33.2 Å². The third-order valence-corrected chi connectivity index (χ3v) is 8.17. The number of carbonyl (C=O) groups excluding carboxylic acids is 1. The summed E-state index contributed by atoms with van der Waals surface area (Å²) in [5.74, 6) is 0.975. The molecule has 2 aliphatic carbocycles. The van der Waals surface area contributed by atoms with Crippen LogP contribution in [-0.4, -0.2) is 6.16 Å². The molecule has 0 unspecified atom stereocenters. The number of nitrogen functional groups attached to an aromatic ring is 2. The predicted molar refractivity (Wildman–Crippen MR) is 135 cm³/mol. The van der Waals surface area contributed by atoms with Gasteiger partial charge in [0.1, 0.15) is 13.2 Å². The van der Waals surface area contributed by atoms with Gasteiger partial charge >= 0.3 is 6.16 Å². The minimum atomic E-state index is -0.678. The van der Waals surface area contributed by atoms with Crippen molar-refractivity contribution < 1.29 is 14.3 Å². The molecule has 5 nitrogen and oxygen atoms in total. The molecular weight excluding hydrogens is 536 g/mol. The lowest BCUT2D eigenvalue weighted by Gasteiger charge is -2.18. The molecule has 0 heterocycles. The van der Waals surface area contributed by atoms with Crippen molar-refractivity contribution in [3.8, 4) is 0 Å². The molecule has 4 N–H and O–H groups in total. The average Bonchev–Trinajstić information content (AvgIpc) is 3.49. The Labute approximate surface area is 206 Å². The van der Waals surface area contributed by atoms with Gasteiger partial charge < -0.3 is 20.9 Å². The van der Waals surface area contributed by atoms with Gasteiger partial charge in [0.25, 0.3) is 0 Å². The minimum Gasteiger partial charge on any atom is -0.429 e. The van der Waals surface area contributed by atoms with E-state index >= 15 is 0 Å². The van der Waals surface area contributed by atoms with Gasteiger partial charge in [-0.3, -0.25) is 0 Å². The van der Waals surface area contributed by atoms with E-state index < -0.39 is 6.16 Å². The fraction of sp³-hybridized carbons (Fsp3) is 0.480. The molecule has 2 fully saturated rings. The van der Waals surface area contributed by atoms with E-state index in [1.54, 1.807) is 0 Å². The average molecular weight is 566 g/mol. The molecule has 0 aromatic heterocycles. The van der Waals surface area contributed by atoms with E-state index in [-0.39, 0.29) is 13.2 Å². The van der Waals surface area contributed by atoms with Crippen LogP contribution >= 0.6 is 31.9 Å². The Morgan fingerprint density at radius 2 is 1.12 bits per heavy atom. The molecule has 7 heteroatoms. The maximum absolute atomic E-state index is 12.4. The fourth-order valence-electron chi connectivity index (χ4n) is 5.10. The smallest absolute Gasteiger partial charge is 0.429 e. The summed E-state index contributed by atoms with van der Waals surface area (Å²) >= 11 is 7.07. The summed E-state index contributed by atoms with van der Waals surface area (Å²) in [4.78, 5) is 12.4. The van der Waals surface area contributed by atoms with Crippen LogP contribution in [-0.2, 0) is 22.7 Å². The van der Waals surface area contributed by atoms with E-state index in [1.807, 2.05) is 12.1 Å². The second-order valence-electron chi connectivity index (χ2n) is 8.94. The highest BCUT2D eigenvalue weighted by molar-refractivity contribution is 9.11. The van der Waals surface area contributed by atoms with E-state index in [0.717, 1.165) is 45.8 Å². The second-order valence-corrected chi connectivity index (χ2v) is 10.6. The molecule has 4 rings (SSSR count). The maximum Gasteiger partial charge on any atom is 0.508 e. The summed E-state index contributed by atoms with van der Waals surface area (Å²) in [6.45, 7) is 0.306. The van der Waals surface area contributed by atoms with E-state index in [4.69, 9.17) is 20.9 Å². The standard InChI is InChI=1S/C25H30Br2N2O3/c26-21-11-19(15-5-1-2-6-15)17(9-23(21)28)13-31-25(30)32-14-18-10-24(29)22(27)12-20(18)16-7-3-4-8-16/h9-12,15-16H,1-8,13-14,28-29H2. The van der Waals surface area contributed by atoms with Gasteiger partial charge in [-0.25, -0.2) is 4.79 Å². The van der Waals surface area contributed by atoms with E-state index in [1.165, 1.54) is 36.8 Å². The largest absolute Gasteiger partial charge is 0.508 e. The summed E-state index contributed by atoms with van der Waals surface area (Å²) in [5, 5.41) is 0.